The average Bonchev–Trinajstić information content (AvgIpc) is 2.77. The number of ether oxygens (including phenoxy) is 4. The van der Waals surface area contributed by atoms with Crippen molar-refractivity contribution in [1.82, 2.24) is 10.0 Å². The van der Waals surface area contributed by atoms with Gasteiger partial charge in [-0.25, -0.2) is 8.42 Å². The highest BCUT2D eigenvalue weighted by Crippen LogP contribution is 2.29. The van der Waals surface area contributed by atoms with Crippen molar-refractivity contribution in [2.45, 2.75) is 24.3 Å². The van der Waals surface area contributed by atoms with Crippen LogP contribution in [0.2, 0.25) is 0 Å². The van der Waals surface area contributed by atoms with Crippen LogP contribution >= 0.6 is 0 Å². The first-order valence-corrected chi connectivity index (χ1v) is 11.0. The predicted molar refractivity (Wildman–Crippen MR) is 116 cm³/mol. The Balaban J connectivity index is 1.96. The molecule has 1 amide bonds. The van der Waals surface area contributed by atoms with E-state index >= 15 is 0 Å². The van der Waals surface area contributed by atoms with E-state index in [1.54, 1.807) is 20.3 Å². The van der Waals surface area contributed by atoms with Crippen molar-refractivity contribution in [3.8, 4) is 23.0 Å². The summed E-state index contributed by atoms with van der Waals surface area (Å²) in [4.78, 5) is 12.3. The topological polar surface area (TPSA) is 112 Å². The molecule has 2 N–H and O–H groups in total. The number of hydrogen-bond acceptors (Lipinski definition) is 7. The molecular formula is C21H28N2O7S. The Morgan fingerprint density at radius 1 is 0.871 bits per heavy atom. The van der Waals surface area contributed by atoms with E-state index in [1.165, 1.54) is 39.3 Å². The quantitative estimate of drug-likeness (QED) is 0.534. The van der Waals surface area contributed by atoms with Crippen molar-refractivity contribution in [2.24, 2.45) is 0 Å². The van der Waals surface area contributed by atoms with E-state index < -0.39 is 22.0 Å². The monoisotopic (exact) mass is 452 g/mol. The predicted octanol–water partition coefficient (Wildman–Crippen LogP) is 1.75. The summed E-state index contributed by atoms with van der Waals surface area (Å²) in [6.07, 6.45) is 0.543. The molecule has 170 valence electrons. The van der Waals surface area contributed by atoms with Gasteiger partial charge in [-0.15, -0.1) is 0 Å². The number of carbonyl (C=O) groups is 1. The van der Waals surface area contributed by atoms with Crippen LogP contribution in [0.25, 0.3) is 0 Å². The smallest absolute Gasteiger partial charge is 0.241 e. The SMILES string of the molecule is COc1ccc(CCNC(=O)[C@H](C)NS(=O)(=O)c2ccc(OC)c(OC)c2)cc1OC. The number of carbonyl (C=O) groups excluding carboxylic acids is 1. The molecule has 0 bridgehead atoms. The lowest BCUT2D eigenvalue weighted by Crippen LogP contribution is -2.45. The van der Waals surface area contributed by atoms with E-state index in [0.717, 1.165) is 5.56 Å². The number of benzene rings is 2. The summed E-state index contributed by atoms with van der Waals surface area (Å²) in [5.41, 5.74) is 0.941. The second-order valence-corrected chi connectivity index (χ2v) is 8.30. The van der Waals surface area contributed by atoms with Crippen molar-refractivity contribution in [2.75, 3.05) is 35.0 Å². The molecule has 10 heteroatoms. The Labute approximate surface area is 182 Å². The molecule has 1 atom stereocenters. The van der Waals surface area contributed by atoms with Crippen LogP contribution in [0.5, 0.6) is 23.0 Å². The van der Waals surface area contributed by atoms with E-state index in [2.05, 4.69) is 10.0 Å². The third kappa shape index (κ3) is 6.25. The zero-order chi connectivity index (χ0) is 23.0. The Kier molecular flexibility index (Phi) is 8.52. The van der Waals surface area contributed by atoms with Gasteiger partial charge in [-0.2, -0.15) is 4.72 Å². The van der Waals surface area contributed by atoms with E-state index in [4.69, 9.17) is 18.9 Å². The van der Waals surface area contributed by atoms with E-state index in [-0.39, 0.29) is 10.6 Å². The van der Waals surface area contributed by atoms with E-state index in [0.29, 0.717) is 30.2 Å². The Hall–Kier alpha value is -2.98. The molecule has 0 unspecified atom stereocenters. The molecule has 0 fully saturated rings. The number of nitrogens with one attached hydrogen (secondary N) is 2. The fourth-order valence-electron chi connectivity index (χ4n) is 2.86. The lowest BCUT2D eigenvalue weighted by Gasteiger charge is -2.16. The Bertz CT molecular complexity index is 1010. The summed E-state index contributed by atoms with van der Waals surface area (Å²) in [7, 11) is 2.05. The van der Waals surface area contributed by atoms with E-state index in [9.17, 15) is 13.2 Å². The summed E-state index contributed by atoms with van der Waals surface area (Å²) in [5.74, 6) is 1.46. The maximum atomic E-state index is 12.6. The minimum Gasteiger partial charge on any atom is -0.493 e. The molecule has 2 aromatic carbocycles. The van der Waals surface area contributed by atoms with Gasteiger partial charge in [0, 0.05) is 12.6 Å². The highest BCUT2D eigenvalue weighted by molar-refractivity contribution is 7.89. The molecule has 0 aliphatic heterocycles. The molecule has 9 nitrogen and oxygen atoms in total. The van der Waals surface area contributed by atoms with Crippen molar-refractivity contribution in [1.29, 1.82) is 0 Å². The van der Waals surface area contributed by atoms with Crippen LogP contribution in [0.3, 0.4) is 0 Å². The first-order chi connectivity index (χ1) is 14.7. The molecule has 0 spiro atoms. The molecule has 31 heavy (non-hydrogen) atoms. The summed E-state index contributed by atoms with van der Waals surface area (Å²) in [5, 5.41) is 2.73. The zero-order valence-electron chi connectivity index (χ0n) is 18.2. The molecule has 0 radical (unpaired) electrons. The largest absolute Gasteiger partial charge is 0.493 e. The standard InChI is InChI=1S/C21H28N2O7S/c1-14(23-31(25,26)16-7-9-18(28-3)20(13-16)30-5)21(24)22-11-10-15-6-8-17(27-2)19(12-15)29-4/h6-9,12-14,23H,10-11H2,1-5H3,(H,22,24)/t14-/m0/s1. The van der Waals surface area contributed by atoms with Crippen LogP contribution in [-0.4, -0.2) is 55.4 Å². The van der Waals surface area contributed by atoms with Gasteiger partial charge in [-0.1, -0.05) is 6.07 Å². The van der Waals surface area contributed by atoms with Crippen LogP contribution in [0.1, 0.15) is 12.5 Å². The van der Waals surface area contributed by atoms with Crippen LogP contribution in [-0.2, 0) is 21.2 Å². The van der Waals surface area contributed by atoms with Crippen molar-refractivity contribution in [3.63, 3.8) is 0 Å². The lowest BCUT2D eigenvalue weighted by molar-refractivity contribution is -0.122. The first-order valence-electron chi connectivity index (χ1n) is 9.48. The summed E-state index contributed by atoms with van der Waals surface area (Å²) in [6.45, 7) is 1.81. The third-order valence-electron chi connectivity index (χ3n) is 4.55. The second kappa shape index (κ2) is 10.9. The Morgan fingerprint density at radius 2 is 1.42 bits per heavy atom. The van der Waals surface area contributed by atoms with Crippen molar-refractivity contribution >= 4 is 15.9 Å². The number of hydrogen-bond donors (Lipinski definition) is 2. The molecule has 0 aliphatic rings. The summed E-state index contributed by atoms with van der Waals surface area (Å²) >= 11 is 0. The second-order valence-electron chi connectivity index (χ2n) is 6.59. The van der Waals surface area contributed by atoms with Gasteiger partial charge in [0.25, 0.3) is 0 Å². The van der Waals surface area contributed by atoms with Crippen LogP contribution in [0, 0.1) is 0 Å². The zero-order valence-corrected chi connectivity index (χ0v) is 19.0. The molecule has 2 aromatic rings. The van der Waals surface area contributed by atoms with Gasteiger partial charge in [-0.3, -0.25) is 4.79 Å². The minimum absolute atomic E-state index is 0.0323. The Morgan fingerprint density at radius 3 is 2.00 bits per heavy atom. The van der Waals surface area contributed by atoms with Crippen LogP contribution in [0.15, 0.2) is 41.3 Å². The fourth-order valence-corrected chi connectivity index (χ4v) is 4.08. The fraction of sp³-hybridized carbons (Fsp3) is 0.381. The number of methoxy groups -OCH3 is 4. The summed E-state index contributed by atoms with van der Waals surface area (Å²) in [6, 6.07) is 8.72. The highest BCUT2D eigenvalue weighted by Gasteiger charge is 2.23. The molecule has 0 heterocycles. The molecule has 0 aromatic heterocycles. The lowest BCUT2D eigenvalue weighted by atomic mass is 10.1. The number of amides is 1. The molecule has 0 saturated heterocycles. The number of sulfonamides is 1. The van der Waals surface area contributed by atoms with Gasteiger partial charge in [-0.05, 0) is 43.2 Å². The van der Waals surface area contributed by atoms with Crippen LogP contribution in [0.4, 0.5) is 0 Å². The van der Waals surface area contributed by atoms with Gasteiger partial charge >= 0.3 is 0 Å². The maximum Gasteiger partial charge on any atom is 0.241 e. The van der Waals surface area contributed by atoms with Crippen molar-refractivity contribution < 1.29 is 32.2 Å². The van der Waals surface area contributed by atoms with Gasteiger partial charge < -0.3 is 24.3 Å². The third-order valence-corrected chi connectivity index (χ3v) is 6.09. The number of rotatable bonds is 11. The van der Waals surface area contributed by atoms with Crippen molar-refractivity contribution in [3.05, 3.63) is 42.0 Å². The van der Waals surface area contributed by atoms with Gasteiger partial charge in [0.05, 0.1) is 39.4 Å². The molecule has 0 saturated carbocycles. The highest BCUT2D eigenvalue weighted by atomic mass is 32.2. The molecule has 2 rings (SSSR count). The first kappa shape index (κ1) is 24.3. The van der Waals surface area contributed by atoms with Crippen LogP contribution < -0.4 is 29.0 Å². The molecule has 0 aliphatic carbocycles. The maximum absolute atomic E-state index is 12.6. The van der Waals surface area contributed by atoms with E-state index in [1.807, 2.05) is 12.1 Å². The normalized spacial score (nSPS) is 12.0. The average molecular weight is 453 g/mol. The van der Waals surface area contributed by atoms with Gasteiger partial charge in [0.1, 0.15) is 0 Å². The van der Waals surface area contributed by atoms with Gasteiger partial charge in [0.15, 0.2) is 23.0 Å². The summed E-state index contributed by atoms with van der Waals surface area (Å²) < 4.78 is 48.3. The molecular weight excluding hydrogens is 424 g/mol. The van der Waals surface area contributed by atoms with Gasteiger partial charge in [0.2, 0.25) is 15.9 Å². The minimum atomic E-state index is -3.93.